The summed E-state index contributed by atoms with van der Waals surface area (Å²) in [6.45, 7) is 5.84. The molecule has 0 aromatic heterocycles. The molecule has 0 heterocycles. The minimum absolute atomic E-state index is 0.0261. The van der Waals surface area contributed by atoms with Crippen molar-refractivity contribution in [2.75, 3.05) is 7.11 Å². The number of hydrogen-bond acceptors (Lipinski definition) is 3. The molecular formula is C20H25NO3. The lowest BCUT2D eigenvalue weighted by Crippen LogP contribution is -2.38. The number of para-hydroxylation sites is 2. The molecule has 0 fully saturated rings. The molecule has 0 spiro atoms. The molecule has 2 aromatic carbocycles. The summed E-state index contributed by atoms with van der Waals surface area (Å²) in [5, 5.41) is 3.06. The second-order valence-corrected chi connectivity index (χ2v) is 5.79. The monoisotopic (exact) mass is 327 g/mol. The fourth-order valence-electron chi connectivity index (χ4n) is 2.47. The minimum Gasteiger partial charge on any atom is -0.493 e. The van der Waals surface area contributed by atoms with Gasteiger partial charge in [0.2, 0.25) is 0 Å². The first-order valence-electron chi connectivity index (χ1n) is 8.21. The van der Waals surface area contributed by atoms with Crippen molar-refractivity contribution in [3.8, 4) is 11.5 Å². The third-order valence-corrected chi connectivity index (χ3v) is 3.95. The zero-order valence-electron chi connectivity index (χ0n) is 14.7. The van der Waals surface area contributed by atoms with Gasteiger partial charge in [0.05, 0.1) is 13.2 Å². The van der Waals surface area contributed by atoms with Gasteiger partial charge in [-0.2, -0.15) is 0 Å². The number of ether oxygens (including phenoxy) is 2. The maximum absolute atomic E-state index is 12.5. The van der Waals surface area contributed by atoms with E-state index in [1.807, 2.05) is 19.1 Å². The number of benzene rings is 2. The van der Waals surface area contributed by atoms with E-state index in [4.69, 9.17) is 9.47 Å². The lowest BCUT2D eigenvalue weighted by Gasteiger charge is -2.21. The summed E-state index contributed by atoms with van der Waals surface area (Å²) in [7, 11) is 1.58. The summed E-state index contributed by atoms with van der Waals surface area (Å²) in [5.74, 6) is 1.03. The standard InChI is InChI=1S/C20H25NO3/c1-5-17(16-12-10-14(2)11-13-16)21-20(22)15(3)24-19-9-7-6-8-18(19)23-4/h6-13,15,17H,5H2,1-4H3,(H,21,22)/t15-,17-/m0/s1. The van der Waals surface area contributed by atoms with Crippen molar-refractivity contribution in [1.82, 2.24) is 5.32 Å². The van der Waals surface area contributed by atoms with E-state index in [0.717, 1.165) is 12.0 Å². The second-order valence-electron chi connectivity index (χ2n) is 5.79. The molecule has 0 saturated heterocycles. The van der Waals surface area contributed by atoms with Crippen LogP contribution in [0.3, 0.4) is 0 Å². The Balaban J connectivity index is 2.03. The molecule has 2 rings (SSSR count). The number of rotatable bonds is 7. The van der Waals surface area contributed by atoms with Gasteiger partial charge in [0.15, 0.2) is 17.6 Å². The average Bonchev–Trinajstić information content (AvgIpc) is 2.60. The molecule has 2 atom stereocenters. The fraction of sp³-hybridized carbons (Fsp3) is 0.350. The second kappa shape index (κ2) is 8.39. The molecule has 128 valence electrons. The number of carbonyl (C=O) groups is 1. The zero-order chi connectivity index (χ0) is 17.5. The normalized spacial score (nSPS) is 13.0. The van der Waals surface area contributed by atoms with Gasteiger partial charge in [0.25, 0.3) is 5.91 Å². The Bertz CT molecular complexity index is 667. The highest BCUT2D eigenvalue weighted by atomic mass is 16.5. The van der Waals surface area contributed by atoms with Gasteiger partial charge in [0, 0.05) is 0 Å². The van der Waals surface area contributed by atoms with Crippen LogP contribution in [-0.4, -0.2) is 19.1 Å². The Kier molecular flexibility index (Phi) is 6.24. The van der Waals surface area contributed by atoms with E-state index in [1.54, 1.807) is 26.2 Å². The first-order valence-corrected chi connectivity index (χ1v) is 8.21. The SMILES string of the molecule is CC[C@H](NC(=O)[C@H](C)Oc1ccccc1OC)c1ccc(C)cc1. The number of nitrogens with one attached hydrogen (secondary N) is 1. The summed E-state index contributed by atoms with van der Waals surface area (Å²) in [4.78, 5) is 12.5. The predicted octanol–water partition coefficient (Wildman–Crippen LogP) is 4.04. The van der Waals surface area contributed by atoms with Crippen LogP contribution < -0.4 is 14.8 Å². The topological polar surface area (TPSA) is 47.6 Å². The molecular weight excluding hydrogens is 302 g/mol. The molecule has 0 unspecified atom stereocenters. The number of methoxy groups -OCH3 is 1. The van der Waals surface area contributed by atoms with Crippen LogP contribution in [0.2, 0.25) is 0 Å². The minimum atomic E-state index is -0.610. The maximum Gasteiger partial charge on any atom is 0.261 e. The molecule has 0 aliphatic heterocycles. The third-order valence-electron chi connectivity index (χ3n) is 3.95. The Hall–Kier alpha value is -2.49. The highest BCUT2D eigenvalue weighted by Crippen LogP contribution is 2.27. The fourth-order valence-corrected chi connectivity index (χ4v) is 2.47. The Morgan fingerprint density at radius 3 is 2.29 bits per heavy atom. The number of carbonyl (C=O) groups excluding carboxylic acids is 1. The molecule has 0 aliphatic rings. The van der Waals surface area contributed by atoms with Crippen molar-refractivity contribution in [2.45, 2.75) is 39.3 Å². The largest absolute Gasteiger partial charge is 0.493 e. The van der Waals surface area contributed by atoms with Crippen LogP contribution >= 0.6 is 0 Å². The van der Waals surface area contributed by atoms with Gasteiger partial charge in [0.1, 0.15) is 0 Å². The van der Waals surface area contributed by atoms with E-state index in [9.17, 15) is 4.79 Å². The molecule has 1 amide bonds. The van der Waals surface area contributed by atoms with E-state index in [-0.39, 0.29) is 11.9 Å². The Morgan fingerprint density at radius 2 is 1.71 bits per heavy atom. The van der Waals surface area contributed by atoms with Crippen molar-refractivity contribution in [1.29, 1.82) is 0 Å². The van der Waals surface area contributed by atoms with Crippen LogP contribution in [0, 0.1) is 6.92 Å². The van der Waals surface area contributed by atoms with Crippen LogP contribution in [0.1, 0.15) is 37.4 Å². The summed E-state index contributed by atoms with van der Waals surface area (Å²) in [5.41, 5.74) is 2.30. The molecule has 0 bridgehead atoms. The van der Waals surface area contributed by atoms with Gasteiger partial charge in [-0.3, -0.25) is 4.79 Å². The van der Waals surface area contributed by atoms with Crippen molar-refractivity contribution < 1.29 is 14.3 Å². The molecule has 0 radical (unpaired) electrons. The van der Waals surface area contributed by atoms with Crippen LogP contribution in [0.4, 0.5) is 0 Å². The van der Waals surface area contributed by atoms with Crippen molar-refractivity contribution in [3.05, 3.63) is 59.7 Å². The van der Waals surface area contributed by atoms with E-state index in [1.165, 1.54) is 5.56 Å². The summed E-state index contributed by atoms with van der Waals surface area (Å²) in [6, 6.07) is 15.5. The molecule has 0 aliphatic carbocycles. The molecule has 2 aromatic rings. The molecule has 0 saturated carbocycles. The van der Waals surface area contributed by atoms with Gasteiger partial charge in [-0.25, -0.2) is 0 Å². The van der Waals surface area contributed by atoms with Crippen molar-refractivity contribution in [3.63, 3.8) is 0 Å². The van der Waals surface area contributed by atoms with Gasteiger partial charge < -0.3 is 14.8 Å². The third kappa shape index (κ3) is 4.51. The Labute approximate surface area is 143 Å². The van der Waals surface area contributed by atoms with E-state index in [0.29, 0.717) is 11.5 Å². The highest BCUT2D eigenvalue weighted by Gasteiger charge is 2.20. The van der Waals surface area contributed by atoms with Gasteiger partial charge in [-0.15, -0.1) is 0 Å². The van der Waals surface area contributed by atoms with Gasteiger partial charge in [-0.05, 0) is 38.0 Å². The van der Waals surface area contributed by atoms with Crippen LogP contribution in [0.15, 0.2) is 48.5 Å². The Morgan fingerprint density at radius 1 is 1.08 bits per heavy atom. The van der Waals surface area contributed by atoms with Crippen LogP contribution in [0.5, 0.6) is 11.5 Å². The molecule has 4 heteroatoms. The molecule has 1 N–H and O–H groups in total. The number of hydrogen-bond donors (Lipinski definition) is 1. The van der Waals surface area contributed by atoms with E-state index >= 15 is 0 Å². The van der Waals surface area contributed by atoms with E-state index < -0.39 is 6.10 Å². The van der Waals surface area contributed by atoms with Crippen LogP contribution in [-0.2, 0) is 4.79 Å². The highest BCUT2D eigenvalue weighted by molar-refractivity contribution is 5.81. The van der Waals surface area contributed by atoms with Crippen molar-refractivity contribution in [2.24, 2.45) is 0 Å². The zero-order valence-corrected chi connectivity index (χ0v) is 14.7. The van der Waals surface area contributed by atoms with Crippen molar-refractivity contribution >= 4 is 5.91 Å². The average molecular weight is 327 g/mol. The first kappa shape index (κ1) is 17.9. The predicted molar refractivity (Wildman–Crippen MR) is 95.4 cm³/mol. The van der Waals surface area contributed by atoms with Gasteiger partial charge >= 0.3 is 0 Å². The lowest BCUT2D eigenvalue weighted by molar-refractivity contribution is -0.128. The van der Waals surface area contributed by atoms with Crippen LogP contribution in [0.25, 0.3) is 0 Å². The maximum atomic E-state index is 12.5. The molecule has 24 heavy (non-hydrogen) atoms. The first-order chi connectivity index (χ1) is 11.5. The van der Waals surface area contributed by atoms with E-state index in [2.05, 4.69) is 36.5 Å². The summed E-state index contributed by atoms with van der Waals surface area (Å²) < 4.78 is 11.0. The van der Waals surface area contributed by atoms with Gasteiger partial charge in [-0.1, -0.05) is 48.9 Å². The smallest absolute Gasteiger partial charge is 0.261 e. The lowest BCUT2D eigenvalue weighted by atomic mass is 10.0. The number of aryl methyl sites for hydroxylation is 1. The molecule has 4 nitrogen and oxygen atoms in total. The number of amides is 1. The quantitative estimate of drug-likeness (QED) is 0.835. The summed E-state index contributed by atoms with van der Waals surface area (Å²) >= 11 is 0. The summed E-state index contributed by atoms with van der Waals surface area (Å²) in [6.07, 6.45) is 0.205.